The highest BCUT2D eigenvalue weighted by Crippen LogP contribution is 2.30. The summed E-state index contributed by atoms with van der Waals surface area (Å²) in [7, 11) is 3.86. The van der Waals surface area contributed by atoms with Crippen LogP contribution in [0.5, 0.6) is 0 Å². The molecule has 1 aromatic heterocycles. The smallest absolute Gasteiger partial charge is 0.272 e. The van der Waals surface area contributed by atoms with Crippen LogP contribution in [-0.4, -0.2) is 74.3 Å². The average molecular weight is 410 g/mol. The van der Waals surface area contributed by atoms with Gasteiger partial charge in [-0.05, 0) is 30.7 Å². The summed E-state index contributed by atoms with van der Waals surface area (Å²) in [5, 5.41) is 0. The number of carbonyl (C=O) groups excluding carboxylic acids is 1. The highest BCUT2D eigenvalue weighted by atomic mass is 16.5. The molecule has 2 fully saturated rings. The van der Waals surface area contributed by atoms with Crippen LogP contribution in [0.3, 0.4) is 0 Å². The van der Waals surface area contributed by atoms with Crippen LogP contribution in [0.1, 0.15) is 28.9 Å². The van der Waals surface area contributed by atoms with Gasteiger partial charge in [0.25, 0.3) is 5.91 Å². The van der Waals surface area contributed by atoms with E-state index in [9.17, 15) is 4.79 Å². The molecule has 1 saturated carbocycles. The number of hydrogen-bond donors (Lipinski definition) is 0. The van der Waals surface area contributed by atoms with Gasteiger partial charge in [-0.25, -0.2) is 4.98 Å². The Morgan fingerprint density at radius 3 is 2.57 bits per heavy atom. The number of anilines is 2. The van der Waals surface area contributed by atoms with Crippen LogP contribution in [0.4, 0.5) is 11.8 Å². The number of benzene rings is 1. The Kier molecular flexibility index (Phi) is 6.47. The van der Waals surface area contributed by atoms with E-state index in [0.29, 0.717) is 30.8 Å². The van der Waals surface area contributed by atoms with Crippen LogP contribution >= 0.6 is 0 Å². The minimum atomic E-state index is -0.0310. The SMILES string of the molecule is CN(CC1CC1)C(=O)c1cc(N2CCOCC2)nc(N(C)CCc2ccccc2)n1. The number of nitrogens with zero attached hydrogens (tertiary/aromatic N) is 5. The van der Waals surface area contributed by atoms with E-state index < -0.39 is 0 Å². The van der Waals surface area contributed by atoms with E-state index in [-0.39, 0.29) is 5.91 Å². The van der Waals surface area contributed by atoms with Crippen LogP contribution in [-0.2, 0) is 11.2 Å². The van der Waals surface area contributed by atoms with E-state index in [4.69, 9.17) is 9.72 Å². The molecule has 0 bridgehead atoms. The molecule has 4 rings (SSSR count). The van der Waals surface area contributed by atoms with E-state index in [2.05, 4.69) is 34.1 Å². The number of hydrogen-bond acceptors (Lipinski definition) is 6. The van der Waals surface area contributed by atoms with Crippen molar-refractivity contribution in [2.24, 2.45) is 5.92 Å². The maximum atomic E-state index is 13.1. The summed E-state index contributed by atoms with van der Waals surface area (Å²) >= 11 is 0. The van der Waals surface area contributed by atoms with Crippen LogP contribution in [0, 0.1) is 5.92 Å². The van der Waals surface area contributed by atoms with Gasteiger partial charge in [-0.3, -0.25) is 4.79 Å². The molecular formula is C23H31N5O2. The lowest BCUT2D eigenvalue weighted by molar-refractivity contribution is 0.0783. The van der Waals surface area contributed by atoms with Crippen molar-refractivity contribution >= 4 is 17.7 Å². The first kappa shape index (κ1) is 20.6. The normalized spacial score (nSPS) is 16.4. The van der Waals surface area contributed by atoms with Gasteiger partial charge >= 0.3 is 0 Å². The predicted octanol–water partition coefficient (Wildman–Crippen LogP) is 2.47. The Balaban J connectivity index is 1.54. The molecule has 0 radical (unpaired) electrons. The second-order valence-corrected chi connectivity index (χ2v) is 8.30. The molecule has 7 nitrogen and oxygen atoms in total. The molecule has 7 heteroatoms. The summed E-state index contributed by atoms with van der Waals surface area (Å²) in [6, 6.07) is 12.2. The molecule has 1 aliphatic carbocycles. The number of aromatic nitrogens is 2. The fourth-order valence-electron chi connectivity index (χ4n) is 3.66. The summed E-state index contributed by atoms with van der Waals surface area (Å²) in [6.45, 7) is 4.48. The zero-order valence-corrected chi connectivity index (χ0v) is 18.0. The molecule has 1 saturated heterocycles. The molecule has 1 aromatic carbocycles. The first-order chi connectivity index (χ1) is 14.6. The Hall–Kier alpha value is -2.67. The molecule has 0 atom stereocenters. The molecule has 2 aromatic rings. The largest absolute Gasteiger partial charge is 0.378 e. The third-order valence-corrected chi connectivity index (χ3v) is 5.75. The first-order valence-corrected chi connectivity index (χ1v) is 10.8. The quantitative estimate of drug-likeness (QED) is 0.668. The van der Waals surface area contributed by atoms with Crippen molar-refractivity contribution in [1.29, 1.82) is 0 Å². The molecule has 30 heavy (non-hydrogen) atoms. The average Bonchev–Trinajstić information content (AvgIpc) is 3.62. The number of ether oxygens (including phenoxy) is 1. The highest BCUT2D eigenvalue weighted by Gasteiger charge is 2.27. The number of likely N-dealkylation sites (N-methyl/N-ethyl adjacent to an activating group) is 1. The van der Waals surface area contributed by atoms with Gasteiger partial charge in [0.2, 0.25) is 5.95 Å². The van der Waals surface area contributed by atoms with Gasteiger partial charge in [-0.2, -0.15) is 4.98 Å². The van der Waals surface area contributed by atoms with Crippen LogP contribution in [0.15, 0.2) is 36.4 Å². The maximum Gasteiger partial charge on any atom is 0.272 e. The van der Waals surface area contributed by atoms with E-state index in [1.54, 1.807) is 4.90 Å². The van der Waals surface area contributed by atoms with Crippen LogP contribution in [0.2, 0.25) is 0 Å². The first-order valence-electron chi connectivity index (χ1n) is 10.8. The molecule has 0 spiro atoms. The van der Waals surface area contributed by atoms with Gasteiger partial charge in [-0.15, -0.1) is 0 Å². The van der Waals surface area contributed by atoms with E-state index in [0.717, 1.165) is 38.4 Å². The standard InChI is InChI=1S/C23H31N5O2/c1-26(11-10-18-6-4-3-5-7-18)23-24-20(22(29)27(2)17-19-8-9-19)16-21(25-23)28-12-14-30-15-13-28/h3-7,16,19H,8-15,17H2,1-2H3. The van der Waals surface area contributed by atoms with Crippen molar-refractivity contribution in [3.05, 3.63) is 47.7 Å². The van der Waals surface area contributed by atoms with Crippen molar-refractivity contribution in [3.63, 3.8) is 0 Å². The zero-order chi connectivity index (χ0) is 20.9. The van der Waals surface area contributed by atoms with E-state index >= 15 is 0 Å². The monoisotopic (exact) mass is 409 g/mol. The third kappa shape index (κ3) is 5.27. The minimum Gasteiger partial charge on any atom is -0.378 e. The number of morpholine rings is 1. The van der Waals surface area contributed by atoms with Crippen LogP contribution in [0.25, 0.3) is 0 Å². The van der Waals surface area contributed by atoms with Crippen molar-refractivity contribution in [2.45, 2.75) is 19.3 Å². The fraction of sp³-hybridized carbons (Fsp3) is 0.522. The molecule has 2 aliphatic rings. The minimum absolute atomic E-state index is 0.0310. The highest BCUT2D eigenvalue weighted by molar-refractivity contribution is 5.93. The molecule has 1 amide bonds. The maximum absolute atomic E-state index is 13.1. The van der Waals surface area contributed by atoms with Crippen molar-refractivity contribution < 1.29 is 9.53 Å². The van der Waals surface area contributed by atoms with Crippen molar-refractivity contribution in [3.8, 4) is 0 Å². The lowest BCUT2D eigenvalue weighted by Crippen LogP contribution is -2.38. The van der Waals surface area contributed by atoms with Gasteiger partial charge in [0.15, 0.2) is 0 Å². The van der Waals surface area contributed by atoms with Gasteiger partial charge in [0, 0.05) is 46.3 Å². The third-order valence-electron chi connectivity index (χ3n) is 5.75. The zero-order valence-electron chi connectivity index (χ0n) is 18.0. The Bertz CT molecular complexity index is 850. The predicted molar refractivity (Wildman–Crippen MR) is 118 cm³/mol. The van der Waals surface area contributed by atoms with Gasteiger partial charge < -0.3 is 19.4 Å². The van der Waals surface area contributed by atoms with Gasteiger partial charge in [-0.1, -0.05) is 30.3 Å². The summed E-state index contributed by atoms with van der Waals surface area (Å²) in [5.74, 6) is 2.01. The molecule has 2 heterocycles. The summed E-state index contributed by atoms with van der Waals surface area (Å²) in [6.07, 6.45) is 3.33. The molecule has 0 N–H and O–H groups in total. The Morgan fingerprint density at radius 1 is 1.13 bits per heavy atom. The number of rotatable bonds is 8. The number of carbonyl (C=O) groups is 1. The van der Waals surface area contributed by atoms with Gasteiger partial charge in [0.05, 0.1) is 13.2 Å². The summed E-state index contributed by atoms with van der Waals surface area (Å²) < 4.78 is 5.48. The van der Waals surface area contributed by atoms with E-state index in [1.165, 1.54) is 18.4 Å². The molecule has 0 unspecified atom stereocenters. The summed E-state index contributed by atoms with van der Waals surface area (Å²) in [5.41, 5.74) is 1.74. The lowest BCUT2D eigenvalue weighted by atomic mass is 10.1. The second-order valence-electron chi connectivity index (χ2n) is 8.30. The molecule has 1 aliphatic heterocycles. The molecular weight excluding hydrogens is 378 g/mol. The lowest BCUT2D eigenvalue weighted by Gasteiger charge is -2.29. The van der Waals surface area contributed by atoms with Crippen molar-refractivity contribution in [2.75, 3.05) is 63.3 Å². The number of amides is 1. The fourth-order valence-corrected chi connectivity index (χ4v) is 3.66. The van der Waals surface area contributed by atoms with Crippen LogP contribution < -0.4 is 9.80 Å². The Labute approximate surface area is 178 Å². The molecule has 160 valence electrons. The van der Waals surface area contributed by atoms with E-state index in [1.807, 2.05) is 31.1 Å². The van der Waals surface area contributed by atoms with Crippen molar-refractivity contribution in [1.82, 2.24) is 14.9 Å². The second kappa shape index (κ2) is 9.43. The van der Waals surface area contributed by atoms with Gasteiger partial charge in [0.1, 0.15) is 11.5 Å². The Morgan fingerprint density at radius 2 is 1.87 bits per heavy atom. The topological polar surface area (TPSA) is 61.8 Å². The summed E-state index contributed by atoms with van der Waals surface area (Å²) in [4.78, 5) is 28.5.